The van der Waals surface area contributed by atoms with E-state index in [0.717, 1.165) is 22.3 Å². The van der Waals surface area contributed by atoms with Gasteiger partial charge in [-0.15, -0.1) is 0 Å². The molecule has 0 heterocycles. The van der Waals surface area contributed by atoms with Crippen molar-refractivity contribution in [2.24, 2.45) is 0 Å². The molecule has 57 heavy (non-hydrogen) atoms. The Balaban J connectivity index is 2.12. The quantitative estimate of drug-likeness (QED) is 0.0489. The van der Waals surface area contributed by atoms with Crippen molar-refractivity contribution >= 4 is 51.6 Å². The lowest BCUT2D eigenvalue weighted by Crippen LogP contribution is -2.32. The van der Waals surface area contributed by atoms with Crippen LogP contribution in [0.4, 0.5) is 0 Å². The summed E-state index contributed by atoms with van der Waals surface area (Å²) in [5, 5.41) is 1.51. The third-order valence-corrected chi connectivity index (χ3v) is 17.4. The van der Waals surface area contributed by atoms with Gasteiger partial charge in [0.1, 0.15) is 0 Å². The smallest absolute Gasteiger partial charge is 0.305 e. The summed E-state index contributed by atoms with van der Waals surface area (Å²) in [6.07, 6.45) is 0. The summed E-state index contributed by atoms with van der Waals surface area (Å²) in [5.74, 6) is 0. The van der Waals surface area contributed by atoms with Crippen molar-refractivity contribution < 1.29 is 54.5 Å². The lowest BCUT2D eigenvalue weighted by atomic mass is 9.65. The van der Waals surface area contributed by atoms with Crippen LogP contribution in [0.2, 0.25) is 0 Å². The van der Waals surface area contributed by atoms with Gasteiger partial charge in [-0.3, -0.25) is 18.3 Å². The molecular weight excluding hydrogens is 808 g/mol. The van der Waals surface area contributed by atoms with Gasteiger partial charge in [0.15, 0.2) is 0 Å². The van der Waals surface area contributed by atoms with E-state index in [9.17, 15) is 18.3 Å². The predicted molar refractivity (Wildman–Crippen MR) is 227 cm³/mol. The monoisotopic (exact) mass is 864 g/mol. The van der Waals surface area contributed by atoms with Gasteiger partial charge in [0, 0.05) is 0 Å². The second-order valence-corrected chi connectivity index (χ2v) is 20.4. The van der Waals surface area contributed by atoms with Gasteiger partial charge in [-0.05, 0) is 126 Å². The first-order valence-electron chi connectivity index (χ1n) is 19.3. The molecule has 0 aromatic heterocycles. The van der Waals surface area contributed by atoms with Crippen molar-refractivity contribution in [1.82, 2.24) is 0 Å². The zero-order chi connectivity index (χ0) is 41.7. The molecule has 4 aromatic carbocycles. The van der Waals surface area contributed by atoms with Crippen LogP contribution in [0.25, 0.3) is 0 Å². The molecule has 0 spiro atoms. The minimum Gasteiger partial charge on any atom is -0.305 e. The Hall–Kier alpha value is -2.52. The molecule has 0 aliphatic rings. The van der Waals surface area contributed by atoms with E-state index in [1.165, 1.54) is 0 Å². The number of rotatable bonds is 24. The van der Waals surface area contributed by atoms with Crippen molar-refractivity contribution in [2.75, 3.05) is 52.9 Å². The van der Waals surface area contributed by atoms with E-state index in [1.54, 1.807) is 104 Å². The van der Waals surface area contributed by atoms with Crippen LogP contribution < -0.4 is 21.2 Å². The molecule has 16 heteroatoms. The fourth-order valence-corrected chi connectivity index (χ4v) is 12.9. The zero-order valence-corrected chi connectivity index (χ0v) is 37.7. The highest BCUT2D eigenvalue weighted by atomic mass is 31.2. The fourth-order valence-electron chi connectivity index (χ4n) is 6.68. The molecule has 0 aliphatic carbocycles. The van der Waals surface area contributed by atoms with Gasteiger partial charge >= 0.3 is 30.4 Å². The van der Waals surface area contributed by atoms with Gasteiger partial charge in [-0.2, -0.15) is 0 Å². The minimum atomic E-state index is -3.65. The van der Waals surface area contributed by atoms with Gasteiger partial charge in [0.25, 0.3) is 0 Å². The van der Waals surface area contributed by atoms with E-state index in [2.05, 4.69) is 0 Å². The maximum atomic E-state index is 13.9. The normalized spacial score (nSPS) is 12.9. The molecule has 0 saturated carbocycles. The third-order valence-electron chi connectivity index (χ3n) is 8.86. The van der Waals surface area contributed by atoms with Crippen LogP contribution in [0.15, 0.2) is 97.1 Å². The second-order valence-electron chi connectivity index (χ2n) is 12.3. The van der Waals surface area contributed by atoms with Crippen LogP contribution in [0.1, 0.15) is 77.6 Å². The van der Waals surface area contributed by atoms with Crippen molar-refractivity contribution in [2.45, 2.75) is 60.8 Å². The molecule has 0 aliphatic heterocycles. The molecule has 0 amide bonds. The molecule has 312 valence electrons. The lowest BCUT2D eigenvalue weighted by molar-refractivity contribution is 0.229. The van der Waals surface area contributed by atoms with Gasteiger partial charge in [-0.1, -0.05) is 48.5 Å². The molecule has 0 unspecified atom stereocenters. The lowest BCUT2D eigenvalue weighted by Gasteiger charge is -2.37. The molecule has 0 bridgehead atoms. The summed E-state index contributed by atoms with van der Waals surface area (Å²) in [7, 11) is -14.6. The van der Waals surface area contributed by atoms with Gasteiger partial charge in [0.2, 0.25) is 0 Å². The Morgan fingerprint density at radius 1 is 0.298 bits per heavy atom. The van der Waals surface area contributed by atoms with E-state index in [1.807, 2.05) is 48.5 Å². The number of hydrogen-bond acceptors (Lipinski definition) is 12. The largest absolute Gasteiger partial charge is 0.361 e. The molecule has 12 nitrogen and oxygen atoms in total. The predicted octanol–water partition coefficient (Wildman–Crippen LogP) is 9.63. The Bertz CT molecular complexity index is 1710. The van der Waals surface area contributed by atoms with E-state index in [0.29, 0.717) is 21.2 Å². The highest BCUT2D eigenvalue weighted by Crippen LogP contribution is 2.53. The molecule has 4 rings (SSSR count). The topological polar surface area (TPSA) is 142 Å². The van der Waals surface area contributed by atoms with E-state index < -0.39 is 35.8 Å². The van der Waals surface area contributed by atoms with E-state index in [4.69, 9.17) is 36.2 Å². The number of hydrogen-bond donors (Lipinski definition) is 0. The Morgan fingerprint density at radius 3 is 0.561 bits per heavy atom. The van der Waals surface area contributed by atoms with Crippen molar-refractivity contribution in [3.05, 3.63) is 119 Å². The maximum Gasteiger partial charge on any atom is 0.361 e. The van der Waals surface area contributed by atoms with Crippen LogP contribution in [-0.2, 0) is 59.9 Å². The second kappa shape index (κ2) is 21.1. The summed E-state index contributed by atoms with van der Waals surface area (Å²) in [5.41, 5.74) is 1.75. The van der Waals surface area contributed by atoms with Crippen LogP contribution >= 0.6 is 30.4 Å². The first-order chi connectivity index (χ1) is 27.3. The molecule has 0 fully saturated rings. The van der Waals surface area contributed by atoms with Crippen molar-refractivity contribution in [1.29, 1.82) is 0 Å². The molecule has 0 N–H and O–H groups in total. The van der Waals surface area contributed by atoms with Crippen molar-refractivity contribution in [3.8, 4) is 0 Å². The SMILES string of the molecule is CCOP(=O)(OCC)c1ccc(C(c2ccc(P(=O)(OCC)OCC)cc2)(c2ccc(P(=O)(OCC)OCC)cc2)c2ccc(P(=O)(OCC)OCC)cc2)cc1. The average molecular weight is 865 g/mol. The Morgan fingerprint density at radius 2 is 0.439 bits per heavy atom. The van der Waals surface area contributed by atoms with Crippen LogP contribution in [0.3, 0.4) is 0 Å². The molecule has 4 aromatic rings. The Kier molecular flexibility index (Phi) is 17.5. The zero-order valence-electron chi connectivity index (χ0n) is 34.1. The van der Waals surface area contributed by atoms with Gasteiger partial charge in [-0.25, -0.2) is 0 Å². The summed E-state index contributed by atoms with van der Waals surface area (Å²) in [6, 6.07) is 28.7. The van der Waals surface area contributed by atoms with Gasteiger partial charge < -0.3 is 36.2 Å². The van der Waals surface area contributed by atoms with E-state index in [-0.39, 0.29) is 52.9 Å². The third kappa shape index (κ3) is 10.3. The van der Waals surface area contributed by atoms with E-state index >= 15 is 0 Å². The van der Waals surface area contributed by atoms with Crippen LogP contribution in [0, 0.1) is 0 Å². The molecule has 0 atom stereocenters. The minimum absolute atomic E-state index is 0.183. The maximum absolute atomic E-state index is 13.9. The summed E-state index contributed by atoms with van der Waals surface area (Å²) in [4.78, 5) is 0. The first-order valence-corrected chi connectivity index (χ1v) is 25.5. The Labute approximate surface area is 338 Å². The number of benzene rings is 4. The standard InChI is InChI=1S/C41H56O12P4/c1-9-46-54(42,47-10-2)37-25-17-33(18-26-37)41(34-19-27-38(28-20-34)55(43,48-11-3)49-12-4,35-21-29-39(30-22-35)56(44,50-13-5)51-14-6)36-23-31-40(32-24-36)57(45,52-15-7)53-16-8/h17-32H,9-16H2,1-8H3. The summed E-state index contributed by atoms with van der Waals surface area (Å²) in [6.45, 7) is 15.5. The summed E-state index contributed by atoms with van der Waals surface area (Å²) < 4.78 is 101. The molecule has 0 radical (unpaired) electrons. The van der Waals surface area contributed by atoms with Crippen LogP contribution in [-0.4, -0.2) is 52.9 Å². The average Bonchev–Trinajstić information content (AvgIpc) is 3.20. The van der Waals surface area contributed by atoms with Crippen molar-refractivity contribution in [3.63, 3.8) is 0 Å². The highest BCUT2D eigenvalue weighted by Gasteiger charge is 2.41. The first kappa shape index (κ1) is 47.2. The van der Waals surface area contributed by atoms with Crippen LogP contribution in [0.5, 0.6) is 0 Å². The molecular formula is C41H56O12P4. The summed E-state index contributed by atoms with van der Waals surface area (Å²) >= 11 is 0. The fraction of sp³-hybridized carbons (Fsp3) is 0.415. The van der Waals surface area contributed by atoms with Gasteiger partial charge in [0.05, 0.1) is 79.5 Å². The highest BCUT2D eigenvalue weighted by molar-refractivity contribution is 7.63. The molecule has 0 saturated heterocycles.